The number of nitrogens with zero attached hydrogens (tertiary/aromatic N) is 1. The topological polar surface area (TPSA) is 59.1 Å². The number of para-hydroxylation sites is 1. The first-order valence-electron chi connectivity index (χ1n) is 6.69. The lowest BCUT2D eigenvalue weighted by atomic mass is 9.79. The molecule has 3 nitrogen and oxygen atoms in total. The van der Waals surface area contributed by atoms with E-state index in [1.165, 1.54) is 5.56 Å². The van der Waals surface area contributed by atoms with Gasteiger partial charge in [0.05, 0.1) is 5.52 Å². The van der Waals surface area contributed by atoms with Gasteiger partial charge in [0.1, 0.15) is 0 Å². The summed E-state index contributed by atoms with van der Waals surface area (Å²) in [7, 11) is 0. The fourth-order valence-electron chi connectivity index (χ4n) is 2.69. The molecule has 0 aliphatic rings. The van der Waals surface area contributed by atoms with Crippen LogP contribution in [0.4, 0.5) is 0 Å². The number of fused-ring (bicyclic) bond motifs is 1. The normalized spacial score (nSPS) is 13.7. The number of aliphatic hydroxyl groups is 1. The lowest BCUT2D eigenvalue weighted by molar-refractivity contribution is 0.251. The Morgan fingerprint density at radius 2 is 2.00 bits per heavy atom. The third-order valence-electron chi connectivity index (χ3n) is 3.57. The second kappa shape index (κ2) is 5.27. The van der Waals surface area contributed by atoms with Crippen LogP contribution in [-0.2, 0) is 0 Å². The summed E-state index contributed by atoms with van der Waals surface area (Å²) in [5, 5.41) is 10.5. The zero-order valence-electron chi connectivity index (χ0n) is 11.9. The summed E-state index contributed by atoms with van der Waals surface area (Å²) >= 11 is 0. The second-order valence-corrected chi connectivity index (χ2v) is 5.76. The highest BCUT2D eigenvalue weighted by atomic mass is 16.3. The number of benzene rings is 1. The predicted molar refractivity (Wildman–Crippen MR) is 79.2 cm³/mol. The number of pyridine rings is 1. The first kappa shape index (κ1) is 14.0. The SMILES string of the molecule is Cc1cc(C(CCO)C(C)(C)N)c2ccccc2n1. The van der Waals surface area contributed by atoms with Crippen LogP contribution in [0.1, 0.15) is 37.4 Å². The lowest BCUT2D eigenvalue weighted by Gasteiger charge is -2.31. The van der Waals surface area contributed by atoms with Gasteiger partial charge in [-0.25, -0.2) is 0 Å². The maximum atomic E-state index is 9.33. The van der Waals surface area contributed by atoms with E-state index in [1.807, 2.05) is 39.0 Å². The monoisotopic (exact) mass is 258 g/mol. The fourth-order valence-corrected chi connectivity index (χ4v) is 2.69. The van der Waals surface area contributed by atoms with Crippen molar-refractivity contribution in [3.63, 3.8) is 0 Å². The number of aryl methyl sites for hydroxylation is 1. The Hall–Kier alpha value is -1.45. The molecule has 0 radical (unpaired) electrons. The number of aliphatic hydroxyl groups excluding tert-OH is 1. The van der Waals surface area contributed by atoms with E-state index in [4.69, 9.17) is 5.73 Å². The van der Waals surface area contributed by atoms with Crippen LogP contribution in [0.25, 0.3) is 10.9 Å². The molecule has 1 atom stereocenters. The van der Waals surface area contributed by atoms with Crippen molar-refractivity contribution in [3.8, 4) is 0 Å². The first-order valence-corrected chi connectivity index (χ1v) is 6.69. The van der Waals surface area contributed by atoms with Gasteiger partial charge in [0.15, 0.2) is 0 Å². The van der Waals surface area contributed by atoms with Gasteiger partial charge in [0, 0.05) is 29.1 Å². The summed E-state index contributed by atoms with van der Waals surface area (Å²) in [5.41, 5.74) is 9.09. The summed E-state index contributed by atoms with van der Waals surface area (Å²) in [6.07, 6.45) is 0.664. The molecule has 1 heterocycles. The molecular formula is C16H22N2O. The number of nitrogens with two attached hydrogens (primary N) is 1. The molecule has 2 aromatic rings. The van der Waals surface area contributed by atoms with Gasteiger partial charge in [-0.15, -0.1) is 0 Å². The third-order valence-corrected chi connectivity index (χ3v) is 3.57. The summed E-state index contributed by atoms with van der Waals surface area (Å²) < 4.78 is 0. The van der Waals surface area contributed by atoms with Gasteiger partial charge in [-0.2, -0.15) is 0 Å². The van der Waals surface area contributed by atoms with Crippen LogP contribution in [-0.4, -0.2) is 22.2 Å². The van der Waals surface area contributed by atoms with E-state index in [0.29, 0.717) is 6.42 Å². The van der Waals surface area contributed by atoms with Gasteiger partial charge < -0.3 is 10.8 Å². The van der Waals surface area contributed by atoms with Crippen molar-refractivity contribution in [1.29, 1.82) is 0 Å². The molecule has 0 aliphatic carbocycles. The molecular weight excluding hydrogens is 236 g/mol. The Balaban J connectivity index is 2.65. The Bertz CT molecular complexity index is 572. The number of hydrogen-bond donors (Lipinski definition) is 2. The molecule has 0 bridgehead atoms. The molecule has 1 aromatic heterocycles. The minimum Gasteiger partial charge on any atom is -0.396 e. The summed E-state index contributed by atoms with van der Waals surface area (Å²) in [6.45, 7) is 6.16. The molecule has 0 amide bonds. The molecule has 19 heavy (non-hydrogen) atoms. The van der Waals surface area contributed by atoms with Crippen molar-refractivity contribution >= 4 is 10.9 Å². The van der Waals surface area contributed by atoms with Crippen LogP contribution in [0, 0.1) is 6.92 Å². The molecule has 3 heteroatoms. The van der Waals surface area contributed by atoms with E-state index in [-0.39, 0.29) is 18.1 Å². The Morgan fingerprint density at radius 3 is 2.63 bits per heavy atom. The van der Waals surface area contributed by atoms with Crippen molar-refractivity contribution in [3.05, 3.63) is 41.6 Å². The number of hydrogen-bond acceptors (Lipinski definition) is 3. The van der Waals surface area contributed by atoms with Crippen LogP contribution in [0.15, 0.2) is 30.3 Å². The highest BCUT2D eigenvalue weighted by Crippen LogP contribution is 2.34. The molecule has 0 fully saturated rings. The summed E-state index contributed by atoms with van der Waals surface area (Å²) in [5.74, 6) is 0.115. The number of rotatable bonds is 4. The van der Waals surface area contributed by atoms with Gasteiger partial charge in [-0.1, -0.05) is 18.2 Å². The minimum absolute atomic E-state index is 0.115. The maximum absolute atomic E-state index is 9.33. The highest BCUT2D eigenvalue weighted by molar-refractivity contribution is 5.83. The largest absolute Gasteiger partial charge is 0.396 e. The fraction of sp³-hybridized carbons (Fsp3) is 0.438. The molecule has 0 saturated carbocycles. The van der Waals surface area contributed by atoms with E-state index in [9.17, 15) is 5.11 Å². The molecule has 102 valence electrons. The molecule has 0 spiro atoms. The Kier molecular flexibility index (Phi) is 3.88. The first-order chi connectivity index (χ1) is 8.93. The van der Waals surface area contributed by atoms with Crippen molar-refractivity contribution in [2.45, 2.75) is 38.6 Å². The maximum Gasteiger partial charge on any atom is 0.0708 e. The van der Waals surface area contributed by atoms with Crippen LogP contribution in [0.3, 0.4) is 0 Å². The quantitative estimate of drug-likeness (QED) is 0.886. The molecule has 1 aromatic carbocycles. The van der Waals surface area contributed by atoms with Crippen LogP contribution < -0.4 is 5.73 Å². The van der Waals surface area contributed by atoms with Crippen LogP contribution >= 0.6 is 0 Å². The van der Waals surface area contributed by atoms with Gasteiger partial charge in [-0.05, 0) is 44.9 Å². The van der Waals surface area contributed by atoms with Gasteiger partial charge >= 0.3 is 0 Å². The van der Waals surface area contributed by atoms with Gasteiger partial charge in [-0.3, -0.25) is 4.98 Å². The Labute approximate surface area is 114 Å². The second-order valence-electron chi connectivity index (χ2n) is 5.76. The van der Waals surface area contributed by atoms with Crippen LogP contribution in [0.5, 0.6) is 0 Å². The Morgan fingerprint density at radius 1 is 1.32 bits per heavy atom. The van der Waals surface area contributed by atoms with E-state index >= 15 is 0 Å². The zero-order chi connectivity index (χ0) is 14.0. The van der Waals surface area contributed by atoms with Crippen LogP contribution in [0.2, 0.25) is 0 Å². The van der Waals surface area contributed by atoms with E-state index < -0.39 is 0 Å². The lowest BCUT2D eigenvalue weighted by Crippen LogP contribution is -2.40. The third kappa shape index (κ3) is 2.94. The molecule has 1 unspecified atom stereocenters. The van der Waals surface area contributed by atoms with E-state index in [0.717, 1.165) is 16.6 Å². The minimum atomic E-state index is -0.376. The molecule has 0 saturated heterocycles. The summed E-state index contributed by atoms with van der Waals surface area (Å²) in [6, 6.07) is 10.2. The average Bonchev–Trinajstić information content (AvgIpc) is 2.33. The van der Waals surface area contributed by atoms with Crippen molar-refractivity contribution in [1.82, 2.24) is 4.98 Å². The van der Waals surface area contributed by atoms with E-state index in [2.05, 4.69) is 17.1 Å². The molecule has 3 N–H and O–H groups in total. The molecule has 0 aliphatic heterocycles. The van der Waals surface area contributed by atoms with Gasteiger partial charge in [0.25, 0.3) is 0 Å². The standard InChI is InChI=1S/C16H22N2O/c1-11-10-13(14(8-9-19)16(2,3)17)12-6-4-5-7-15(12)18-11/h4-7,10,14,19H,8-9,17H2,1-3H3. The average molecular weight is 258 g/mol. The van der Waals surface area contributed by atoms with Gasteiger partial charge in [0.2, 0.25) is 0 Å². The zero-order valence-corrected chi connectivity index (χ0v) is 11.9. The van der Waals surface area contributed by atoms with E-state index in [1.54, 1.807) is 0 Å². The summed E-state index contributed by atoms with van der Waals surface area (Å²) in [4.78, 5) is 4.56. The number of aromatic nitrogens is 1. The molecule has 2 rings (SSSR count). The predicted octanol–water partition coefficient (Wildman–Crippen LogP) is 2.75. The van der Waals surface area contributed by atoms with Crippen molar-refractivity contribution < 1.29 is 5.11 Å². The van der Waals surface area contributed by atoms with Crippen molar-refractivity contribution in [2.24, 2.45) is 5.73 Å². The highest BCUT2D eigenvalue weighted by Gasteiger charge is 2.28. The van der Waals surface area contributed by atoms with Crippen molar-refractivity contribution in [2.75, 3.05) is 6.61 Å². The smallest absolute Gasteiger partial charge is 0.0708 e.